The molecule has 1 saturated heterocycles. The molecule has 0 atom stereocenters. The minimum absolute atomic E-state index is 0.0807. The first-order valence-electron chi connectivity index (χ1n) is 5.52. The molecule has 0 spiro atoms. The fraction of sp³-hybridized carbons (Fsp3) is 0.778. The Morgan fingerprint density at radius 1 is 1.38 bits per heavy atom. The number of H-pyrrole nitrogens is 1. The first-order chi connectivity index (χ1) is 7.79. The third kappa shape index (κ3) is 2.54. The molecule has 7 heteroatoms. The number of amides is 1. The molecular weight excluding hydrogens is 208 g/mol. The Bertz CT molecular complexity index is 330. The standard InChI is InChI=1S/C9H16N6O/c1-2-14-3-5-15(6-4-14)9(16)7-8-10-12-13-11-8/h2-7H2,1H3,(H,10,11,12,13). The number of tetrazole rings is 1. The third-order valence-corrected chi connectivity index (χ3v) is 2.87. The minimum Gasteiger partial charge on any atom is -0.340 e. The zero-order valence-electron chi connectivity index (χ0n) is 9.39. The molecule has 2 heterocycles. The van der Waals surface area contributed by atoms with Crippen LogP contribution in [-0.4, -0.2) is 69.1 Å². The van der Waals surface area contributed by atoms with Crippen molar-refractivity contribution in [2.45, 2.75) is 13.3 Å². The number of piperazine rings is 1. The molecular formula is C9H16N6O. The zero-order valence-corrected chi connectivity index (χ0v) is 9.39. The number of rotatable bonds is 3. The molecule has 16 heavy (non-hydrogen) atoms. The highest BCUT2D eigenvalue weighted by Crippen LogP contribution is 2.03. The molecule has 0 aliphatic carbocycles. The number of hydrogen-bond acceptors (Lipinski definition) is 5. The monoisotopic (exact) mass is 224 g/mol. The summed E-state index contributed by atoms with van der Waals surface area (Å²) in [5.74, 6) is 0.542. The summed E-state index contributed by atoms with van der Waals surface area (Å²) >= 11 is 0. The van der Waals surface area contributed by atoms with E-state index in [2.05, 4.69) is 32.4 Å². The number of likely N-dealkylation sites (N-methyl/N-ethyl adjacent to an activating group) is 1. The Labute approximate surface area is 93.8 Å². The summed E-state index contributed by atoms with van der Waals surface area (Å²) in [5, 5.41) is 13.3. The predicted molar refractivity (Wildman–Crippen MR) is 56.6 cm³/mol. The second-order valence-corrected chi connectivity index (χ2v) is 3.82. The van der Waals surface area contributed by atoms with Crippen LogP contribution < -0.4 is 0 Å². The van der Waals surface area contributed by atoms with Crippen LogP contribution in [0.25, 0.3) is 0 Å². The summed E-state index contributed by atoms with van der Waals surface area (Å²) in [4.78, 5) is 16.0. The van der Waals surface area contributed by atoms with Crippen molar-refractivity contribution in [2.75, 3.05) is 32.7 Å². The van der Waals surface area contributed by atoms with Crippen LogP contribution in [0.1, 0.15) is 12.7 Å². The van der Waals surface area contributed by atoms with E-state index in [1.807, 2.05) is 4.90 Å². The number of carbonyl (C=O) groups is 1. The summed E-state index contributed by atoms with van der Waals surface area (Å²) in [7, 11) is 0. The largest absolute Gasteiger partial charge is 0.340 e. The van der Waals surface area contributed by atoms with Gasteiger partial charge in [0.25, 0.3) is 0 Å². The van der Waals surface area contributed by atoms with Gasteiger partial charge in [-0.3, -0.25) is 4.79 Å². The van der Waals surface area contributed by atoms with E-state index in [-0.39, 0.29) is 12.3 Å². The summed E-state index contributed by atoms with van der Waals surface area (Å²) in [5.41, 5.74) is 0. The second kappa shape index (κ2) is 5.02. The van der Waals surface area contributed by atoms with Crippen molar-refractivity contribution in [2.24, 2.45) is 0 Å². The molecule has 0 bridgehead atoms. The van der Waals surface area contributed by atoms with Crippen LogP contribution in [0, 0.1) is 0 Å². The summed E-state index contributed by atoms with van der Waals surface area (Å²) in [6.07, 6.45) is 0.239. The maximum atomic E-state index is 11.8. The summed E-state index contributed by atoms with van der Waals surface area (Å²) in [6, 6.07) is 0. The van der Waals surface area contributed by atoms with Crippen LogP contribution in [0.4, 0.5) is 0 Å². The lowest BCUT2D eigenvalue weighted by molar-refractivity contribution is -0.132. The van der Waals surface area contributed by atoms with Gasteiger partial charge in [-0.15, -0.1) is 10.2 Å². The maximum absolute atomic E-state index is 11.8. The highest BCUT2D eigenvalue weighted by atomic mass is 16.2. The zero-order chi connectivity index (χ0) is 11.4. The Balaban J connectivity index is 1.82. The van der Waals surface area contributed by atoms with Crippen LogP contribution >= 0.6 is 0 Å². The Kier molecular flexibility index (Phi) is 3.45. The first-order valence-corrected chi connectivity index (χ1v) is 5.52. The van der Waals surface area contributed by atoms with Gasteiger partial charge in [-0.2, -0.15) is 5.21 Å². The first kappa shape index (κ1) is 11.0. The summed E-state index contributed by atoms with van der Waals surface area (Å²) < 4.78 is 0. The van der Waals surface area contributed by atoms with Gasteiger partial charge in [0.05, 0.1) is 6.42 Å². The SMILES string of the molecule is CCN1CCN(C(=O)Cc2nn[nH]n2)CC1. The number of carbonyl (C=O) groups excluding carboxylic acids is 1. The van der Waals surface area contributed by atoms with Crippen LogP contribution in [-0.2, 0) is 11.2 Å². The number of aromatic amines is 1. The van der Waals surface area contributed by atoms with Gasteiger partial charge in [0.15, 0.2) is 5.82 Å². The van der Waals surface area contributed by atoms with E-state index in [0.717, 1.165) is 32.7 Å². The molecule has 1 amide bonds. The van der Waals surface area contributed by atoms with Gasteiger partial charge in [-0.25, -0.2) is 0 Å². The third-order valence-electron chi connectivity index (χ3n) is 2.87. The topological polar surface area (TPSA) is 78.0 Å². The second-order valence-electron chi connectivity index (χ2n) is 3.82. The molecule has 1 aromatic rings. The Morgan fingerprint density at radius 2 is 2.12 bits per heavy atom. The molecule has 88 valence electrons. The van der Waals surface area contributed by atoms with Crippen molar-refractivity contribution in [1.29, 1.82) is 0 Å². The normalized spacial score (nSPS) is 17.7. The van der Waals surface area contributed by atoms with E-state index in [1.54, 1.807) is 0 Å². The average Bonchev–Trinajstić information content (AvgIpc) is 2.82. The van der Waals surface area contributed by atoms with Gasteiger partial charge in [-0.1, -0.05) is 12.1 Å². The highest BCUT2D eigenvalue weighted by Gasteiger charge is 2.21. The molecule has 1 aliphatic rings. The van der Waals surface area contributed by atoms with Gasteiger partial charge in [0.2, 0.25) is 5.91 Å². The molecule has 7 nitrogen and oxygen atoms in total. The molecule has 0 aromatic carbocycles. The highest BCUT2D eigenvalue weighted by molar-refractivity contribution is 5.78. The number of nitrogens with zero attached hydrogens (tertiary/aromatic N) is 5. The van der Waals surface area contributed by atoms with Crippen LogP contribution in [0.15, 0.2) is 0 Å². The van der Waals surface area contributed by atoms with Crippen molar-refractivity contribution in [3.8, 4) is 0 Å². The lowest BCUT2D eigenvalue weighted by Crippen LogP contribution is -2.49. The molecule has 1 N–H and O–H groups in total. The van der Waals surface area contributed by atoms with Crippen LogP contribution in [0.2, 0.25) is 0 Å². The molecule has 2 rings (SSSR count). The Hall–Kier alpha value is -1.50. The van der Waals surface area contributed by atoms with Gasteiger partial charge >= 0.3 is 0 Å². The number of nitrogens with one attached hydrogen (secondary N) is 1. The van der Waals surface area contributed by atoms with Gasteiger partial charge in [-0.05, 0) is 6.54 Å². The molecule has 1 aromatic heterocycles. The molecule has 0 saturated carbocycles. The van der Waals surface area contributed by atoms with Gasteiger partial charge in [0, 0.05) is 26.2 Å². The fourth-order valence-corrected chi connectivity index (χ4v) is 1.82. The van der Waals surface area contributed by atoms with Gasteiger partial charge < -0.3 is 9.80 Å². The summed E-state index contributed by atoms with van der Waals surface area (Å²) in [6.45, 7) is 6.68. The van der Waals surface area contributed by atoms with Crippen molar-refractivity contribution in [1.82, 2.24) is 30.4 Å². The maximum Gasteiger partial charge on any atom is 0.230 e. The quantitative estimate of drug-likeness (QED) is 0.705. The molecule has 0 unspecified atom stereocenters. The number of hydrogen-bond donors (Lipinski definition) is 1. The molecule has 1 fully saturated rings. The van der Waals surface area contributed by atoms with E-state index >= 15 is 0 Å². The van der Waals surface area contributed by atoms with E-state index in [1.165, 1.54) is 0 Å². The lowest BCUT2D eigenvalue weighted by atomic mass is 10.2. The van der Waals surface area contributed by atoms with Crippen molar-refractivity contribution in [3.63, 3.8) is 0 Å². The fourth-order valence-electron chi connectivity index (χ4n) is 1.82. The van der Waals surface area contributed by atoms with Gasteiger partial charge in [0.1, 0.15) is 0 Å². The van der Waals surface area contributed by atoms with E-state index in [0.29, 0.717) is 5.82 Å². The van der Waals surface area contributed by atoms with Crippen LogP contribution in [0.5, 0.6) is 0 Å². The van der Waals surface area contributed by atoms with E-state index < -0.39 is 0 Å². The predicted octanol–water partition coefficient (Wildman–Crippen LogP) is -1.09. The van der Waals surface area contributed by atoms with E-state index in [4.69, 9.17) is 0 Å². The smallest absolute Gasteiger partial charge is 0.230 e. The van der Waals surface area contributed by atoms with Crippen molar-refractivity contribution in [3.05, 3.63) is 5.82 Å². The van der Waals surface area contributed by atoms with E-state index in [9.17, 15) is 4.79 Å². The van der Waals surface area contributed by atoms with Crippen molar-refractivity contribution < 1.29 is 4.79 Å². The molecule has 1 aliphatic heterocycles. The average molecular weight is 224 g/mol. The minimum atomic E-state index is 0.0807. The van der Waals surface area contributed by atoms with Crippen LogP contribution in [0.3, 0.4) is 0 Å². The Morgan fingerprint density at radius 3 is 2.69 bits per heavy atom. The lowest BCUT2D eigenvalue weighted by Gasteiger charge is -2.33. The van der Waals surface area contributed by atoms with Crippen molar-refractivity contribution >= 4 is 5.91 Å². The number of aromatic nitrogens is 4. The molecule has 0 radical (unpaired) electrons.